The number of hydrogen-bond acceptors (Lipinski definition) is 2. The van der Waals surface area contributed by atoms with Gasteiger partial charge in [0, 0.05) is 17.1 Å². The van der Waals surface area contributed by atoms with Crippen molar-refractivity contribution in [2.45, 2.75) is 25.2 Å². The Morgan fingerprint density at radius 2 is 2.00 bits per heavy atom. The number of benzene rings is 1. The van der Waals surface area contributed by atoms with Gasteiger partial charge in [0.2, 0.25) is 10.0 Å². The number of hydrogen-bond donors (Lipinski definition) is 1. The molecule has 0 aliphatic heterocycles. The van der Waals surface area contributed by atoms with Crippen molar-refractivity contribution in [3.63, 3.8) is 0 Å². The van der Waals surface area contributed by atoms with Crippen LogP contribution in [0.3, 0.4) is 0 Å². The smallest absolute Gasteiger partial charge is 0.211 e. The molecule has 7 heteroatoms. The summed E-state index contributed by atoms with van der Waals surface area (Å²) >= 11 is 2.86. The van der Waals surface area contributed by atoms with Crippen LogP contribution < -0.4 is 4.72 Å². The van der Waals surface area contributed by atoms with Gasteiger partial charge in [-0.1, -0.05) is 20.3 Å². The summed E-state index contributed by atoms with van der Waals surface area (Å²) in [6.45, 7) is 4.01. The molecule has 0 radical (unpaired) electrons. The lowest BCUT2D eigenvalue weighted by atomic mass is 10.1. The molecule has 3 nitrogen and oxygen atoms in total. The van der Waals surface area contributed by atoms with E-state index in [1.54, 1.807) is 0 Å². The molecule has 1 aromatic rings. The molecular weight excluding hydrogens is 328 g/mol. The highest BCUT2D eigenvalue weighted by molar-refractivity contribution is 9.10. The zero-order valence-corrected chi connectivity index (χ0v) is 12.4. The SMILES string of the molecule is CCC(C)CNS(=O)(=O)c1c(F)cc(F)cc1Br. The standard InChI is InChI=1S/C11H14BrF2NO2S/c1-3-7(2)6-15-18(16,17)11-9(12)4-8(13)5-10(11)14/h4-5,7,15H,3,6H2,1-2H3. The van der Waals surface area contributed by atoms with E-state index in [0.717, 1.165) is 12.5 Å². The summed E-state index contributed by atoms with van der Waals surface area (Å²) in [5.74, 6) is -1.80. The average molecular weight is 342 g/mol. The van der Waals surface area contributed by atoms with Crippen molar-refractivity contribution in [1.82, 2.24) is 4.72 Å². The second-order valence-electron chi connectivity index (χ2n) is 4.06. The van der Waals surface area contributed by atoms with E-state index in [9.17, 15) is 17.2 Å². The van der Waals surface area contributed by atoms with E-state index in [-0.39, 0.29) is 16.9 Å². The summed E-state index contributed by atoms with van der Waals surface area (Å²) < 4.78 is 52.4. The summed E-state index contributed by atoms with van der Waals surface area (Å²) in [5.41, 5.74) is 0. The molecule has 1 unspecified atom stereocenters. The predicted molar refractivity (Wildman–Crippen MR) is 68.7 cm³/mol. The van der Waals surface area contributed by atoms with Crippen LogP contribution in [0.2, 0.25) is 0 Å². The van der Waals surface area contributed by atoms with Gasteiger partial charge in [-0.15, -0.1) is 0 Å². The fourth-order valence-electron chi connectivity index (χ4n) is 1.25. The normalized spacial score (nSPS) is 13.6. The van der Waals surface area contributed by atoms with Crippen molar-refractivity contribution in [3.05, 3.63) is 28.2 Å². The van der Waals surface area contributed by atoms with Crippen molar-refractivity contribution < 1.29 is 17.2 Å². The molecule has 102 valence electrons. The van der Waals surface area contributed by atoms with Crippen LogP contribution >= 0.6 is 15.9 Å². The molecule has 0 saturated carbocycles. The number of halogens is 3. The minimum absolute atomic E-state index is 0.128. The topological polar surface area (TPSA) is 46.2 Å². The summed E-state index contributed by atoms with van der Waals surface area (Å²) in [5, 5.41) is 0. The average Bonchev–Trinajstić information content (AvgIpc) is 2.24. The van der Waals surface area contributed by atoms with Gasteiger partial charge in [0.1, 0.15) is 16.5 Å². The van der Waals surface area contributed by atoms with Gasteiger partial charge in [0.25, 0.3) is 0 Å². The molecule has 1 N–H and O–H groups in total. The molecular formula is C11H14BrF2NO2S. The van der Waals surface area contributed by atoms with Crippen LogP contribution in [-0.2, 0) is 10.0 Å². The molecule has 0 amide bonds. The van der Waals surface area contributed by atoms with E-state index in [1.165, 1.54) is 0 Å². The lowest BCUT2D eigenvalue weighted by molar-refractivity contribution is 0.517. The van der Waals surface area contributed by atoms with Crippen LogP contribution in [0.1, 0.15) is 20.3 Å². The monoisotopic (exact) mass is 341 g/mol. The van der Waals surface area contributed by atoms with Crippen molar-refractivity contribution in [2.24, 2.45) is 5.92 Å². The zero-order valence-electron chi connectivity index (χ0n) is 10.0. The Balaban J connectivity index is 3.06. The molecule has 0 bridgehead atoms. The molecule has 0 aliphatic carbocycles. The van der Waals surface area contributed by atoms with Gasteiger partial charge < -0.3 is 0 Å². The highest BCUT2D eigenvalue weighted by atomic mass is 79.9. The quantitative estimate of drug-likeness (QED) is 0.894. The Morgan fingerprint density at radius 1 is 1.39 bits per heavy atom. The van der Waals surface area contributed by atoms with Gasteiger partial charge in [0.05, 0.1) is 0 Å². The van der Waals surface area contributed by atoms with Crippen LogP contribution in [0.4, 0.5) is 8.78 Å². The van der Waals surface area contributed by atoms with Crippen LogP contribution in [0.5, 0.6) is 0 Å². The highest BCUT2D eigenvalue weighted by Crippen LogP contribution is 2.26. The molecule has 1 atom stereocenters. The lowest BCUT2D eigenvalue weighted by Gasteiger charge is -2.12. The van der Waals surface area contributed by atoms with Gasteiger partial charge in [-0.25, -0.2) is 21.9 Å². The van der Waals surface area contributed by atoms with Gasteiger partial charge in [0.15, 0.2) is 0 Å². The Hall–Kier alpha value is -0.530. The Kier molecular flexibility index (Phi) is 5.24. The van der Waals surface area contributed by atoms with Crippen LogP contribution in [0.15, 0.2) is 21.5 Å². The molecule has 0 aromatic heterocycles. The predicted octanol–water partition coefficient (Wildman–Crippen LogP) is 3.05. The number of nitrogens with one attached hydrogen (secondary N) is 1. The Morgan fingerprint density at radius 3 is 2.50 bits per heavy atom. The van der Waals surface area contributed by atoms with Crippen molar-refractivity contribution in [1.29, 1.82) is 0 Å². The van der Waals surface area contributed by atoms with Crippen molar-refractivity contribution >= 4 is 26.0 Å². The van der Waals surface area contributed by atoms with E-state index < -0.39 is 26.6 Å². The molecule has 18 heavy (non-hydrogen) atoms. The van der Waals surface area contributed by atoms with Gasteiger partial charge in [-0.05, 0) is 27.9 Å². The summed E-state index contributed by atoms with van der Waals surface area (Å²) in [6, 6.07) is 1.46. The van der Waals surface area contributed by atoms with Crippen LogP contribution in [0.25, 0.3) is 0 Å². The van der Waals surface area contributed by atoms with Crippen molar-refractivity contribution in [3.8, 4) is 0 Å². The van der Waals surface area contributed by atoms with Crippen LogP contribution in [0, 0.1) is 17.6 Å². The third kappa shape index (κ3) is 3.73. The first-order chi connectivity index (χ1) is 8.27. The minimum atomic E-state index is -3.98. The first-order valence-electron chi connectivity index (χ1n) is 5.42. The zero-order chi connectivity index (χ0) is 13.9. The largest absolute Gasteiger partial charge is 0.244 e. The van der Waals surface area contributed by atoms with Gasteiger partial charge in [-0.2, -0.15) is 0 Å². The fourth-order valence-corrected chi connectivity index (χ4v) is 3.58. The van der Waals surface area contributed by atoms with E-state index >= 15 is 0 Å². The molecule has 0 spiro atoms. The van der Waals surface area contributed by atoms with Crippen LogP contribution in [-0.4, -0.2) is 15.0 Å². The van der Waals surface area contributed by atoms with E-state index in [1.807, 2.05) is 13.8 Å². The summed E-state index contributed by atoms with van der Waals surface area (Å²) in [6.07, 6.45) is 0.801. The fraction of sp³-hybridized carbons (Fsp3) is 0.455. The summed E-state index contributed by atoms with van der Waals surface area (Å²) in [7, 11) is -3.98. The molecule has 0 fully saturated rings. The lowest BCUT2D eigenvalue weighted by Crippen LogP contribution is -2.29. The third-order valence-electron chi connectivity index (χ3n) is 2.55. The van der Waals surface area contributed by atoms with E-state index in [0.29, 0.717) is 6.07 Å². The maximum Gasteiger partial charge on any atom is 0.244 e. The minimum Gasteiger partial charge on any atom is -0.211 e. The highest BCUT2D eigenvalue weighted by Gasteiger charge is 2.23. The Bertz CT molecular complexity index is 511. The molecule has 1 rings (SSSR count). The second kappa shape index (κ2) is 6.08. The Labute approximate surface area is 114 Å². The third-order valence-corrected chi connectivity index (χ3v) is 4.94. The maximum absolute atomic E-state index is 13.5. The van der Waals surface area contributed by atoms with Crippen molar-refractivity contribution in [2.75, 3.05) is 6.54 Å². The molecule has 0 heterocycles. The number of sulfonamides is 1. The van der Waals surface area contributed by atoms with E-state index in [2.05, 4.69) is 20.7 Å². The summed E-state index contributed by atoms with van der Waals surface area (Å²) in [4.78, 5) is -0.563. The number of rotatable bonds is 5. The van der Waals surface area contributed by atoms with E-state index in [4.69, 9.17) is 0 Å². The molecule has 0 saturated heterocycles. The molecule has 1 aromatic carbocycles. The maximum atomic E-state index is 13.5. The molecule has 0 aliphatic rings. The van der Waals surface area contributed by atoms with Gasteiger partial charge in [-0.3, -0.25) is 0 Å². The second-order valence-corrected chi connectivity index (χ2v) is 6.62. The van der Waals surface area contributed by atoms with Gasteiger partial charge >= 0.3 is 0 Å². The first-order valence-corrected chi connectivity index (χ1v) is 7.69. The first kappa shape index (κ1) is 15.5.